The number of nitriles is 1. The van der Waals surface area contributed by atoms with E-state index in [4.69, 9.17) is 6.57 Å². The summed E-state index contributed by atoms with van der Waals surface area (Å²) in [6.45, 7) is 8.10. The molecule has 9 rings (SSSR count). The number of fused-ring (bicyclic) bond motifs is 6. The van der Waals surface area contributed by atoms with Crippen LogP contribution in [-0.4, -0.2) is 9.13 Å². The van der Waals surface area contributed by atoms with Gasteiger partial charge in [-0.1, -0.05) is 115 Å². The van der Waals surface area contributed by atoms with Crippen molar-refractivity contribution in [1.82, 2.24) is 9.13 Å². The lowest BCUT2D eigenvalue weighted by Gasteiger charge is -2.17. The van der Waals surface area contributed by atoms with Crippen molar-refractivity contribution in [2.75, 3.05) is 0 Å². The van der Waals surface area contributed by atoms with Crippen molar-refractivity contribution < 1.29 is 0 Å². The fraction of sp³-hybridized carbons (Fsp3) is 0. The Balaban J connectivity index is 1.28. The van der Waals surface area contributed by atoms with Gasteiger partial charge in [0.05, 0.1) is 39.9 Å². The lowest BCUT2D eigenvalue weighted by Crippen LogP contribution is -1.99. The van der Waals surface area contributed by atoms with Crippen LogP contribution in [0.5, 0.6) is 0 Å². The van der Waals surface area contributed by atoms with E-state index in [1.807, 2.05) is 42.5 Å². The van der Waals surface area contributed by atoms with Crippen molar-refractivity contribution >= 4 is 49.3 Å². The van der Waals surface area contributed by atoms with Gasteiger partial charge in [0.25, 0.3) is 0 Å². The molecule has 0 unspecified atom stereocenters. The van der Waals surface area contributed by atoms with E-state index in [1.54, 1.807) is 0 Å². The van der Waals surface area contributed by atoms with E-state index < -0.39 is 0 Å². The van der Waals surface area contributed by atoms with Crippen LogP contribution in [0, 0.1) is 17.9 Å². The van der Waals surface area contributed by atoms with Gasteiger partial charge in [-0.15, -0.1) is 0 Å². The molecule has 0 saturated carbocycles. The zero-order valence-electron chi connectivity index (χ0n) is 25.8. The Morgan fingerprint density at radius 2 is 0.917 bits per heavy atom. The summed E-state index contributed by atoms with van der Waals surface area (Å²) in [6.07, 6.45) is 0. The maximum Gasteiger partial charge on any atom is 0.195 e. The van der Waals surface area contributed by atoms with Gasteiger partial charge in [0.1, 0.15) is 6.07 Å². The summed E-state index contributed by atoms with van der Waals surface area (Å²) in [7, 11) is 0. The highest BCUT2D eigenvalue weighted by molar-refractivity contribution is 6.10. The number of para-hydroxylation sites is 5. The van der Waals surface area contributed by atoms with E-state index in [0.717, 1.165) is 55.7 Å². The number of hydrogen-bond acceptors (Lipinski definition) is 1. The van der Waals surface area contributed by atoms with E-state index >= 15 is 0 Å². The fourth-order valence-electron chi connectivity index (χ4n) is 7.38. The molecule has 7 aromatic carbocycles. The molecule has 0 atom stereocenters. The molecule has 0 saturated heterocycles. The molecular weight excluding hydrogens is 585 g/mol. The average Bonchev–Trinajstić information content (AvgIpc) is 3.67. The second-order valence-electron chi connectivity index (χ2n) is 11.9. The predicted octanol–water partition coefficient (Wildman–Crippen LogP) is 11.6. The van der Waals surface area contributed by atoms with Crippen LogP contribution in [0.2, 0.25) is 0 Å². The quantitative estimate of drug-likeness (QED) is 0.183. The van der Waals surface area contributed by atoms with Gasteiger partial charge in [0.15, 0.2) is 5.69 Å². The van der Waals surface area contributed by atoms with Crippen molar-refractivity contribution in [1.29, 1.82) is 5.26 Å². The van der Waals surface area contributed by atoms with Gasteiger partial charge < -0.3 is 9.13 Å². The molecule has 2 aromatic heterocycles. The highest BCUT2D eigenvalue weighted by Crippen LogP contribution is 2.42. The molecular formula is C44H26N4. The SMILES string of the molecule is [C-]#[N+]c1ccc(-n2c3ccccc3c3ccccc32)cc1-c1cccc(-c2ccccc2-n2c3ccccc3c3ccccc32)c1C#N. The lowest BCUT2D eigenvalue weighted by molar-refractivity contribution is 1.18. The second-order valence-corrected chi connectivity index (χ2v) is 11.9. The second kappa shape index (κ2) is 10.9. The zero-order chi connectivity index (χ0) is 32.2. The van der Waals surface area contributed by atoms with Crippen LogP contribution in [0.1, 0.15) is 5.56 Å². The largest absolute Gasteiger partial charge is 0.309 e. The van der Waals surface area contributed by atoms with Crippen LogP contribution >= 0.6 is 0 Å². The van der Waals surface area contributed by atoms with Crippen molar-refractivity contribution in [2.24, 2.45) is 0 Å². The van der Waals surface area contributed by atoms with E-state index in [0.29, 0.717) is 11.3 Å². The highest BCUT2D eigenvalue weighted by atomic mass is 15.0. The van der Waals surface area contributed by atoms with E-state index in [1.165, 1.54) is 21.5 Å². The first-order chi connectivity index (χ1) is 23.8. The maximum absolute atomic E-state index is 10.8. The summed E-state index contributed by atoms with van der Waals surface area (Å²) in [4.78, 5) is 3.93. The molecule has 0 aliphatic rings. The molecule has 0 amide bonds. The predicted molar refractivity (Wildman–Crippen MR) is 197 cm³/mol. The molecule has 0 spiro atoms. The summed E-state index contributed by atoms with van der Waals surface area (Å²) in [5.74, 6) is 0. The first-order valence-corrected chi connectivity index (χ1v) is 15.9. The number of rotatable bonds is 4. The monoisotopic (exact) mass is 610 g/mol. The number of benzene rings is 7. The Morgan fingerprint density at radius 3 is 1.46 bits per heavy atom. The van der Waals surface area contributed by atoms with Crippen LogP contribution in [-0.2, 0) is 0 Å². The van der Waals surface area contributed by atoms with E-state index in [2.05, 4.69) is 135 Å². The molecule has 222 valence electrons. The molecule has 0 bridgehead atoms. The van der Waals surface area contributed by atoms with Gasteiger partial charge >= 0.3 is 0 Å². The lowest BCUT2D eigenvalue weighted by atomic mass is 9.90. The summed E-state index contributed by atoms with van der Waals surface area (Å²) >= 11 is 0. The first-order valence-electron chi connectivity index (χ1n) is 15.9. The summed E-state index contributed by atoms with van der Waals surface area (Å²) < 4.78 is 4.54. The van der Waals surface area contributed by atoms with Crippen molar-refractivity contribution in [2.45, 2.75) is 0 Å². The Bertz CT molecular complexity index is 2710. The van der Waals surface area contributed by atoms with Crippen LogP contribution in [0.15, 0.2) is 158 Å². The molecule has 2 heterocycles. The summed E-state index contributed by atoms with van der Waals surface area (Å²) in [6, 6.07) is 56.4. The number of nitrogens with zero attached hydrogens (tertiary/aromatic N) is 4. The molecule has 0 aliphatic carbocycles. The molecule has 48 heavy (non-hydrogen) atoms. The fourth-order valence-corrected chi connectivity index (χ4v) is 7.38. The van der Waals surface area contributed by atoms with Gasteiger partial charge in [0, 0.05) is 38.4 Å². The van der Waals surface area contributed by atoms with Crippen LogP contribution in [0.3, 0.4) is 0 Å². The van der Waals surface area contributed by atoms with E-state index in [9.17, 15) is 5.26 Å². The molecule has 9 aromatic rings. The van der Waals surface area contributed by atoms with Gasteiger partial charge in [0.2, 0.25) is 0 Å². The van der Waals surface area contributed by atoms with Gasteiger partial charge in [-0.25, -0.2) is 4.85 Å². The highest BCUT2D eigenvalue weighted by Gasteiger charge is 2.20. The number of hydrogen-bond donors (Lipinski definition) is 0. The van der Waals surface area contributed by atoms with Gasteiger partial charge in [-0.2, -0.15) is 5.26 Å². The molecule has 4 heteroatoms. The van der Waals surface area contributed by atoms with Crippen LogP contribution < -0.4 is 0 Å². The summed E-state index contributed by atoms with van der Waals surface area (Å²) in [5.41, 5.74) is 10.6. The van der Waals surface area contributed by atoms with Gasteiger partial charge in [-0.05, 0) is 53.6 Å². The van der Waals surface area contributed by atoms with E-state index in [-0.39, 0.29) is 0 Å². The third-order valence-electron chi connectivity index (χ3n) is 9.42. The zero-order valence-corrected chi connectivity index (χ0v) is 25.8. The Hall–Kier alpha value is -6.88. The molecule has 0 radical (unpaired) electrons. The molecule has 4 nitrogen and oxygen atoms in total. The van der Waals surface area contributed by atoms with Crippen molar-refractivity contribution in [3.8, 4) is 39.7 Å². The van der Waals surface area contributed by atoms with Crippen LogP contribution in [0.25, 0.3) is 82.1 Å². The Labute approximate surface area is 277 Å². The summed E-state index contributed by atoms with van der Waals surface area (Å²) in [5, 5.41) is 15.6. The topological polar surface area (TPSA) is 38.0 Å². The average molecular weight is 611 g/mol. The minimum absolute atomic E-state index is 0.504. The third-order valence-corrected chi connectivity index (χ3v) is 9.42. The minimum Gasteiger partial charge on any atom is -0.309 e. The van der Waals surface area contributed by atoms with Gasteiger partial charge in [-0.3, -0.25) is 0 Å². The normalized spacial score (nSPS) is 11.3. The van der Waals surface area contributed by atoms with Crippen molar-refractivity contribution in [3.05, 3.63) is 175 Å². The smallest absolute Gasteiger partial charge is 0.195 e. The van der Waals surface area contributed by atoms with Crippen molar-refractivity contribution in [3.63, 3.8) is 0 Å². The first kappa shape index (κ1) is 27.4. The standard InChI is InChI=1S/C44H26N4/c1-46-39-26-25-29(47-40-20-7-3-14-33(40)34-15-4-8-21-41(34)47)27-37(39)31-19-12-18-30(38(31)28-45)32-13-2-9-22-42(32)48-43-23-10-5-16-35(43)36-17-6-11-24-44(36)48/h2-27H. The molecule has 0 aliphatic heterocycles. The van der Waals surface area contributed by atoms with Crippen LogP contribution in [0.4, 0.5) is 5.69 Å². The maximum atomic E-state index is 10.8. The number of aromatic nitrogens is 2. The Kier molecular flexibility index (Phi) is 6.22. The molecule has 0 N–H and O–H groups in total. The molecule has 0 fully saturated rings. The minimum atomic E-state index is 0.504. The Morgan fingerprint density at radius 1 is 0.458 bits per heavy atom. The third kappa shape index (κ3) is 4.01.